The molecule has 0 saturated carbocycles. The Labute approximate surface area is 127 Å². The number of halogens is 1. The number of benzene rings is 1. The molecule has 3 heteroatoms. The maximum absolute atomic E-state index is 8.98. The summed E-state index contributed by atoms with van der Waals surface area (Å²) >= 11 is 3.57. The zero-order valence-corrected chi connectivity index (χ0v) is 12.4. The van der Waals surface area contributed by atoms with Crippen LogP contribution in [-0.4, -0.2) is 12.3 Å². The molecule has 1 aliphatic heterocycles. The minimum Gasteiger partial charge on any atom is -0.287 e. The van der Waals surface area contributed by atoms with Gasteiger partial charge < -0.3 is 0 Å². The lowest BCUT2D eigenvalue weighted by molar-refractivity contribution is 0.561. The van der Waals surface area contributed by atoms with Gasteiger partial charge in [-0.15, -0.1) is 0 Å². The van der Waals surface area contributed by atoms with Crippen molar-refractivity contribution in [2.75, 3.05) is 0 Å². The lowest BCUT2D eigenvalue weighted by Crippen LogP contribution is -2.25. The number of nitriles is 1. The van der Waals surface area contributed by atoms with Crippen molar-refractivity contribution in [2.24, 2.45) is 10.9 Å². The van der Waals surface area contributed by atoms with Crippen LogP contribution < -0.4 is 0 Å². The van der Waals surface area contributed by atoms with Crippen LogP contribution in [0.3, 0.4) is 0 Å². The smallest absolute Gasteiger partial charge is 0.0991 e. The molecule has 2 aliphatic rings. The molecule has 1 aromatic rings. The van der Waals surface area contributed by atoms with Crippen LogP contribution in [0.15, 0.2) is 63.6 Å². The molecule has 0 spiro atoms. The Kier molecular flexibility index (Phi) is 3.66. The molecular weight excluding hydrogens is 312 g/mol. The highest BCUT2D eigenvalue weighted by Gasteiger charge is 2.26. The summed E-state index contributed by atoms with van der Waals surface area (Å²) in [5, 5.41) is 8.98. The predicted octanol–water partition coefficient (Wildman–Crippen LogP) is 3.94. The average Bonchev–Trinajstić information content (AvgIpc) is 2.51. The lowest BCUT2D eigenvalue weighted by atomic mass is 9.83. The first-order valence-electron chi connectivity index (χ1n) is 6.54. The van der Waals surface area contributed by atoms with E-state index >= 15 is 0 Å². The highest BCUT2D eigenvalue weighted by Crippen LogP contribution is 2.33. The number of aliphatic imine (C=N–C) groups is 1. The van der Waals surface area contributed by atoms with Gasteiger partial charge in [0.05, 0.1) is 17.7 Å². The van der Waals surface area contributed by atoms with E-state index in [9.17, 15) is 0 Å². The van der Waals surface area contributed by atoms with Gasteiger partial charge in [0, 0.05) is 16.6 Å². The normalized spacial score (nSPS) is 23.6. The molecule has 2 unspecified atom stereocenters. The standard InChI is InChI=1S/C17H13BrN2/c18-16-11-20-17(15-7-2-1-6-14(15)16)9-12-4-3-5-13(8-12)10-19/h1-8,11,15,17H,9H2. The molecule has 1 aliphatic carbocycles. The van der Waals surface area contributed by atoms with Gasteiger partial charge >= 0.3 is 0 Å². The summed E-state index contributed by atoms with van der Waals surface area (Å²) < 4.78 is 1.06. The van der Waals surface area contributed by atoms with E-state index in [1.165, 1.54) is 5.57 Å². The van der Waals surface area contributed by atoms with Crippen LogP contribution in [0.4, 0.5) is 0 Å². The van der Waals surface area contributed by atoms with Crippen molar-refractivity contribution in [3.8, 4) is 6.07 Å². The number of fused-ring (bicyclic) bond motifs is 1. The Morgan fingerprint density at radius 3 is 3.05 bits per heavy atom. The number of hydrogen-bond acceptors (Lipinski definition) is 2. The fourth-order valence-corrected chi connectivity index (χ4v) is 3.16. The Morgan fingerprint density at radius 2 is 2.20 bits per heavy atom. The van der Waals surface area contributed by atoms with E-state index in [0.29, 0.717) is 11.5 Å². The van der Waals surface area contributed by atoms with Crippen LogP contribution in [0.5, 0.6) is 0 Å². The summed E-state index contributed by atoms with van der Waals surface area (Å²) in [6, 6.07) is 10.2. The van der Waals surface area contributed by atoms with E-state index < -0.39 is 0 Å². The van der Waals surface area contributed by atoms with Crippen molar-refractivity contribution in [3.05, 3.63) is 69.8 Å². The average molecular weight is 325 g/mol. The fraction of sp³-hybridized carbons (Fsp3) is 0.176. The van der Waals surface area contributed by atoms with Gasteiger partial charge in [-0.2, -0.15) is 5.26 Å². The Hall–Kier alpha value is -1.92. The van der Waals surface area contributed by atoms with Crippen LogP contribution in [0.2, 0.25) is 0 Å². The molecule has 2 atom stereocenters. The molecule has 0 amide bonds. The van der Waals surface area contributed by atoms with Crippen molar-refractivity contribution in [1.82, 2.24) is 0 Å². The molecule has 98 valence electrons. The summed E-state index contributed by atoms with van der Waals surface area (Å²) in [4.78, 5) is 4.65. The van der Waals surface area contributed by atoms with E-state index in [1.807, 2.05) is 24.4 Å². The highest BCUT2D eigenvalue weighted by molar-refractivity contribution is 9.12. The number of allylic oxidation sites excluding steroid dienone is 4. The van der Waals surface area contributed by atoms with Gasteiger partial charge in [0.1, 0.15) is 0 Å². The van der Waals surface area contributed by atoms with Crippen molar-refractivity contribution in [3.63, 3.8) is 0 Å². The lowest BCUT2D eigenvalue weighted by Gasteiger charge is -2.28. The van der Waals surface area contributed by atoms with E-state index in [1.54, 1.807) is 0 Å². The first kappa shape index (κ1) is 13.1. The predicted molar refractivity (Wildman–Crippen MR) is 84.9 cm³/mol. The van der Waals surface area contributed by atoms with Crippen LogP contribution in [0.1, 0.15) is 11.1 Å². The SMILES string of the molecule is N#Cc1cccc(CC2N=CC(Br)=C3C=CC=CC32)c1. The number of dihydropyridines is 1. The van der Waals surface area contributed by atoms with Crippen molar-refractivity contribution < 1.29 is 0 Å². The molecule has 1 aromatic carbocycles. The van der Waals surface area contributed by atoms with Gasteiger partial charge in [-0.3, -0.25) is 4.99 Å². The first-order chi connectivity index (χ1) is 9.78. The number of nitrogens with zero attached hydrogens (tertiary/aromatic N) is 2. The van der Waals surface area contributed by atoms with Crippen molar-refractivity contribution in [1.29, 1.82) is 5.26 Å². The maximum atomic E-state index is 8.98. The Bertz CT molecular complexity index is 689. The minimum atomic E-state index is 0.196. The Morgan fingerprint density at radius 1 is 1.30 bits per heavy atom. The molecule has 0 aromatic heterocycles. The van der Waals surface area contributed by atoms with Gasteiger partial charge in [0.15, 0.2) is 0 Å². The van der Waals surface area contributed by atoms with E-state index in [-0.39, 0.29) is 6.04 Å². The zero-order chi connectivity index (χ0) is 13.9. The van der Waals surface area contributed by atoms with Crippen molar-refractivity contribution >= 4 is 22.1 Å². The summed E-state index contributed by atoms with van der Waals surface area (Å²) in [5.74, 6) is 0.310. The third-order valence-electron chi connectivity index (χ3n) is 3.64. The first-order valence-corrected chi connectivity index (χ1v) is 7.34. The van der Waals surface area contributed by atoms with Gasteiger partial charge in [0.2, 0.25) is 0 Å². The van der Waals surface area contributed by atoms with Gasteiger partial charge in [-0.1, -0.05) is 36.4 Å². The van der Waals surface area contributed by atoms with Crippen LogP contribution in [0, 0.1) is 17.2 Å². The molecule has 20 heavy (non-hydrogen) atoms. The van der Waals surface area contributed by atoms with Gasteiger partial charge in [-0.05, 0) is 45.6 Å². The molecule has 0 radical (unpaired) electrons. The Balaban J connectivity index is 1.85. The maximum Gasteiger partial charge on any atom is 0.0991 e. The summed E-state index contributed by atoms with van der Waals surface area (Å²) in [5.41, 5.74) is 3.15. The summed E-state index contributed by atoms with van der Waals surface area (Å²) in [6.45, 7) is 0. The van der Waals surface area contributed by atoms with E-state index in [0.717, 1.165) is 16.5 Å². The molecule has 0 fully saturated rings. The largest absolute Gasteiger partial charge is 0.287 e. The van der Waals surface area contributed by atoms with E-state index in [4.69, 9.17) is 5.26 Å². The molecular formula is C17H13BrN2. The van der Waals surface area contributed by atoms with Gasteiger partial charge in [0.25, 0.3) is 0 Å². The molecule has 0 saturated heterocycles. The number of hydrogen-bond donors (Lipinski definition) is 0. The molecule has 0 bridgehead atoms. The van der Waals surface area contributed by atoms with Crippen molar-refractivity contribution in [2.45, 2.75) is 12.5 Å². The van der Waals surface area contributed by atoms with Crippen LogP contribution in [-0.2, 0) is 6.42 Å². The quantitative estimate of drug-likeness (QED) is 0.811. The summed E-state index contributed by atoms with van der Waals surface area (Å²) in [6.07, 6.45) is 11.2. The topological polar surface area (TPSA) is 36.1 Å². The van der Waals surface area contributed by atoms with Gasteiger partial charge in [-0.25, -0.2) is 0 Å². The molecule has 3 rings (SSSR count). The summed E-state index contributed by atoms with van der Waals surface area (Å²) in [7, 11) is 0. The minimum absolute atomic E-state index is 0.196. The zero-order valence-electron chi connectivity index (χ0n) is 10.8. The second-order valence-electron chi connectivity index (χ2n) is 4.93. The van der Waals surface area contributed by atoms with Crippen LogP contribution in [0.25, 0.3) is 0 Å². The second kappa shape index (κ2) is 5.60. The monoisotopic (exact) mass is 324 g/mol. The number of rotatable bonds is 2. The van der Waals surface area contributed by atoms with E-state index in [2.05, 4.69) is 57.4 Å². The third-order valence-corrected chi connectivity index (χ3v) is 4.30. The second-order valence-corrected chi connectivity index (χ2v) is 5.79. The highest BCUT2D eigenvalue weighted by atomic mass is 79.9. The third kappa shape index (κ3) is 2.52. The fourth-order valence-electron chi connectivity index (χ4n) is 2.65. The van der Waals surface area contributed by atoms with Crippen LogP contribution >= 0.6 is 15.9 Å². The molecule has 0 N–H and O–H groups in total. The molecule has 2 nitrogen and oxygen atoms in total. The molecule has 1 heterocycles.